The summed E-state index contributed by atoms with van der Waals surface area (Å²) in [7, 11) is 1.36. The van der Waals surface area contributed by atoms with Crippen LogP contribution in [0.15, 0.2) is 53.7 Å². The molecular weight excluding hydrogens is 360 g/mol. The van der Waals surface area contributed by atoms with Crippen molar-refractivity contribution in [3.63, 3.8) is 0 Å². The second kappa shape index (κ2) is 7.58. The van der Waals surface area contributed by atoms with Crippen LogP contribution in [-0.4, -0.2) is 28.0 Å². The molecule has 3 aromatic rings. The van der Waals surface area contributed by atoms with Crippen molar-refractivity contribution in [3.05, 3.63) is 64.7 Å². The summed E-state index contributed by atoms with van der Waals surface area (Å²) in [4.78, 5) is 11.6. The molecule has 0 amide bonds. The Morgan fingerprint density at radius 3 is 2.72 bits per heavy atom. The van der Waals surface area contributed by atoms with Crippen molar-refractivity contribution in [1.82, 2.24) is 14.9 Å². The molecule has 1 heterocycles. The summed E-state index contributed by atoms with van der Waals surface area (Å²) in [5.41, 5.74) is 2.31. The van der Waals surface area contributed by atoms with Crippen molar-refractivity contribution in [1.29, 1.82) is 0 Å². The van der Waals surface area contributed by atoms with Crippen LogP contribution in [0.1, 0.15) is 15.9 Å². The van der Waals surface area contributed by atoms with Gasteiger partial charge in [-0.3, -0.25) is 0 Å². The maximum atomic E-state index is 11.6. The number of nitrogen functional groups attached to an aromatic ring is 1. The molecule has 0 aliphatic rings. The monoisotopic (exact) mass is 374 g/mol. The fourth-order valence-electron chi connectivity index (χ4n) is 2.23. The second-order valence-electron chi connectivity index (χ2n) is 5.16. The average Bonchev–Trinajstić information content (AvgIpc) is 3.01. The number of methoxy groups -OCH3 is 1. The molecule has 0 aliphatic carbocycles. The normalized spacial score (nSPS) is 10.6. The van der Waals surface area contributed by atoms with Crippen molar-refractivity contribution in [2.45, 2.75) is 10.9 Å². The van der Waals surface area contributed by atoms with Gasteiger partial charge >= 0.3 is 5.97 Å². The van der Waals surface area contributed by atoms with Gasteiger partial charge in [-0.25, -0.2) is 9.47 Å². The van der Waals surface area contributed by atoms with E-state index in [0.29, 0.717) is 27.3 Å². The van der Waals surface area contributed by atoms with E-state index in [0.717, 1.165) is 11.1 Å². The second-order valence-corrected chi connectivity index (χ2v) is 6.54. The fraction of sp³-hybridized carbons (Fsp3) is 0.118. The lowest BCUT2D eigenvalue weighted by Crippen LogP contribution is -2.11. The Morgan fingerprint density at radius 2 is 2.00 bits per heavy atom. The lowest BCUT2D eigenvalue weighted by molar-refractivity contribution is 0.0600. The maximum Gasteiger partial charge on any atom is 0.337 e. The highest BCUT2D eigenvalue weighted by atomic mass is 35.5. The van der Waals surface area contributed by atoms with Crippen molar-refractivity contribution in [2.24, 2.45) is 0 Å². The first-order valence-electron chi connectivity index (χ1n) is 7.35. The SMILES string of the molecule is COC(=O)c1cccc(CSc2nnc(-c3ccc(Cl)cc3)n2N)c1. The van der Waals surface area contributed by atoms with Gasteiger partial charge in [-0.2, -0.15) is 0 Å². The van der Waals surface area contributed by atoms with Gasteiger partial charge in [0.05, 0.1) is 12.7 Å². The zero-order valence-corrected chi connectivity index (χ0v) is 14.9. The Kier molecular flexibility index (Phi) is 5.25. The van der Waals surface area contributed by atoms with Gasteiger partial charge in [0.2, 0.25) is 5.16 Å². The highest BCUT2D eigenvalue weighted by Crippen LogP contribution is 2.25. The maximum absolute atomic E-state index is 11.6. The van der Waals surface area contributed by atoms with Crippen LogP contribution < -0.4 is 5.84 Å². The Morgan fingerprint density at radius 1 is 1.24 bits per heavy atom. The topological polar surface area (TPSA) is 83.0 Å². The minimum atomic E-state index is -0.362. The number of nitrogens with zero attached hydrogens (tertiary/aromatic N) is 3. The van der Waals surface area contributed by atoms with E-state index in [1.54, 1.807) is 24.3 Å². The van der Waals surface area contributed by atoms with Gasteiger partial charge in [0.25, 0.3) is 0 Å². The van der Waals surface area contributed by atoms with Crippen LogP contribution in [-0.2, 0) is 10.5 Å². The summed E-state index contributed by atoms with van der Waals surface area (Å²) in [6, 6.07) is 14.5. The number of aromatic nitrogens is 3. The lowest BCUT2D eigenvalue weighted by Gasteiger charge is -2.05. The minimum absolute atomic E-state index is 0.362. The van der Waals surface area contributed by atoms with Gasteiger partial charge in [-0.1, -0.05) is 35.5 Å². The molecule has 128 valence electrons. The molecule has 3 rings (SSSR count). The first kappa shape index (κ1) is 17.3. The fourth-order valence-corrected chi connectivity index (χ4v) is 3.15. The number of carbonyl (C=O) groups excluding carboxylic acids is 1. The van der Waals surface area contributed by atoms with Crippen molar-refractivity contribution in [3.8, 4) is 11.4 Å². The smallest absolute Gasteiger partial charge is 0.337 e. The molecule has 0 fully saturated rings. The van der Waals surface area contributed by atoms with Gasteiger partial charge in [-0.15, -0.1) is 10.2 Å². The van der Waals surface area contributed by atoms with Crippen LogP contribution in [0.3, 0.4) is 0 Å². The number of hydrogen-bond donors (Lipinski definition) is 1. The molecule has 0 aliphatic heterocycles. The van der Waals surface area contributed by atoms with Crippen molar-refractivity contribution >= 4 is 29.3 Å². The van der Waals surface area contributed by atoms with Gasteiger partial charge in [0.1, 0.15) is 0 Å². The Balaban J connectivity index is 1.74. The first-order valence-corrected chi connectivity index (χ1v) is 8.71. The summed E-state index contributed by atoms with van der Waals surface area (Å²) >= 11 is 7.33. The first-order chi connectivity index (χ1) is 12.1. The molecule has 1 aromatic heterocycles. The zero-order valence-electron chi connectivity index (χ0n) is 13.3. The van der Waals surface area contributed by atoms with E-state index >= 15 is 0 Å². The average molecular weight is 375 g/mol. The minimum Gasteiger partial charge on any atom is -0.465 e. The lowest BCUT2D eigenvalue weighted by atomic mass is 10.1. The van der Waals surface area contributed by atoms with Crippen molar-refractivity contribution < 1.29 is 9.53 Å². The molecule has 0 bridgehead atoms. The predicted molar refractivity (Wildman–Crippen MR) is 98.0 cm³/mol. The highest BCUT2D eigenvalue weighted by molar-refractivity contribution is 7.98. The summed E-state index contributed by atoms with van der Waals surface area (Å²) in [5, 5.41) is 9.49. The molecular formula is C17H15ClN4O2S. The molecule has 0 atom stereocenters. The third-order valence-electron chi connectivity index (χ3n) is 3.48. The summed E-state index contributed by atoms with van der Waals surface area (Å²) in [6.07, 6.45) is 0. The van der Waals surface area contributed by atoms with Crippen LogP contribution in [0, 0.1) is 0 Å². The van der Waals surface area contributed by atoms with Gasteiger partial charge in [0, 0.05) is 16.3 Å². The Bertz CT molecular complexity index is 896. The zero-order chi connectivity index (χ0) is 17.8. The molecule has 6 nitrogen and oxygen atoms in total. The Hall–Kier alpha value is -2.51. The number of thioether (sulfide) groups is 1. The number of nitrogens with two attached hydrogens (primary N) is 1. The van der Waals surface area contributed by atoms with E-state index < -0.39 is 0 Å². The number of ether oxygens (including phenoxy) is 1. The van der Waals surface area contributed by atoms with E-state index in [-0.39, 0.29) is 5.97 Å². The third-order valence-corrected chi connectivity index (χ3v) is 4.75. The van der Waals surface area contributed by atoms with Gasteiger partial charge in [-0.05, 0) is 42.0 Å². The van der Waals surface area contributed by atoms with Gasteiger partial charge in [0.15, 0.2) is 5.82 Å². The van der Waals surface area contributed by atoms with Crippen LogP contribution in [0.25, 0.3) is 11.4 Å². The third kappa shape index (κ3) is 3.94. The summed E-state index contributed by atoms with van der Waals surface area (Å²) < 4.78 is 6.17. The standard InChI is InChI=1S/C17H15ClN4O2S/c1-24-16(23)13-4-2-3-11(9-13)10-25-17-21-20-15(22(17)19)12-5-7-14(18)8-6-12/h2-9H,10,19H2,1H3. The van der Waals surface area contributed by atoms with Crippen LogP contribution in [0.4, 0.5) is 0 Å². The number of benzene rings is 2. The molecule has 8 heteroatoms. The Labute approximate surface area is 153 Å². The number of hydrogen-bond acceptors (Lipinski definition) is 6. The molecule has 2 aromatic carbocycles. The number of esters is 1. The molecule has 0 saturated carbocycles. The number of halogens is 1. The summed E-state index contributed by atoms with van der Waals surface area (Å²) in [5.74, 6) is 6.89. The van der Waals surface area contributed by atoms with E-state index in [1.807, 2.05) is 24.3 Å². The van der Waals surface area contributed by atoms with Crippen LogP contribution in [0.2, 0.25) is 5.02 Å². The largest absolute Gasteiger partial charge is 0.465 e. The van der Waals surface area contributed by atoms with E-state index in [2.05, 4.69) is 10.2 Å². The molecule has 0 unspecified atom stereocenters. The van der Waals surface area contributed by atoms with E-state index in [4.69, 9.17) is 22.2 Å². The van der Waals surface area contributed by atoms with E-state index in [9.17, 15) is 4.79 Å². The molecule has 2 N–H and O–H groups in total. The van der Waals surface area contributed by atoms with Crippen LogP contribution >= 0.6 is 23.4 Å². The van der Waals surface area contributed by atoms with E-state index in [1.165, 1.54) is 23.5 Å². The van der Waals surface area contributed by atoms with Crippen LogP contribution in [0.5, 0.6) is 0 Å². The molecule has 25 heavy (non-hydrogen) atoms. The van der Waals surface area contributed by atoms with Gasteiger partial charge < -0.3 is 10.6 Å². The predicted octanol–water partition coefficient (Wildman–Crippen LogP) is 3.39. The molecule has 0 saturated heterocycles. The number of carbonyl (C=O) groups is 1. The number of rotatable bonds is 5. The molecule has 0 radical (unpaired) electrons. The highest BCUT2D eigenvalue weighted by Gasteiger charge is 2.13. The van der Waals surface area contributed by atoms with Crippen molar-refractivity contribution in [2.75, 3.05) is 13.0 Å². The molecule has 0 spiro atoms. The summed E-state index contributed by atoms with van der Waals surface area (Å²) in [6.45, 7) is 0. The quantitative estimate of drug-likeness (QED) is 0.418.